The first-order chi connectivity index (χ1) is 13.9. The van der Waals surface area contributed by atoms with Crippen molar-refractivity contribution in [2.75, 3.05) is 4.72 Å². The van der Waals surface area contributed by atoms with Gasteiger partial charge < -0.3 is 4.57 Å². The molecule has 1 aromatic carbocycles. The molecule has 0 unspecified atom stereocenters. The van der Waals surface area contributed by atoms with E-state index in [0.717, 1.165) is 6.42 Å². The van der Waals surface area contributed by atoms with Gasteiger partial charge in [-0.25, -0.2) is 17.5 Å². The summed E-state index contributed by atoms with van der Waals surface area (Å²) in [5.74, 6) is -0.545. The van der Waals surface area contributed by atoms with Gasteiger partial charge in [0.1, 0.15) is 5.82 Å². The average Bonchev–Trinajstić information content (AvgIpc) is 3.43. The standard InChI is InChI=1S/C20H21FN4O3S/c1-2-9-24-13-16(4-8-20(24)26)25-12-14(11-22-25)18-7-3-15(10-19(18)21)23-29(27,28)17-5-6-17/h3-4,7-8,10-13,17,23H,2,5-6,9H2,1H3. The third kappa shape index (κ3) is 4.09. The van der Waals surface area contributed by atoms with Crippen LogP contribution in [0.15, 0.2) is 53.7 Å². The van der Waals surface area contributed by atoms with Gasteiger partial charge in [-0.2, -0.15) is 5.10 Å². The molecular formula is C20H21FN4O3S. The fourth-order valence-electron chi connectivity index (χ4n) is 3.11. The molecule has 0 radical (unpaired) electrons. The van der Waals surface area contributed by atoms with Crippen LogP contribution >= 0.6 is 0 Å². The van der Waals surface area contributed by atoms with Gasteiger partial charge in [-0.15, -0.1) is 0 Å². The van der Waals surface area contributed by atoms with Gasteiger partial charge in [0.15, 0.2) is 0 Å². The summed E-state index contributed by atoms with van der Waals surface area (Å²) in [4.78, 5) is 11.9. The highest BCUT2D eigenvalue weighted by Crippen LogP contribution is 2.31. The maximum atomic E-state index is 14.6. The van der Waals surface area contributed by atoms with Gasteiger partial charge in [0, 0.05) is 36.1 Å². The normalized spacial score (nSPS) is 14.1. The van der Waals surface area contributed by atoms with Gasteiger partial charge in [-0.1, -0.05) is 6.92 Å². The van der Waals surface area contributed by atoms with E-state index in [1.807, 2.05) is 6.92 Å². The first-order valence-electron chi connectivity index (χ1n) is 9.44. The Hall–Kier alpha value is -2.94. The fourth-order valence-corrected chi connectivity index (χ4v) is 4.49. The quantitative estimate of drug-likeness (QED) is 0.641. The predicted octanol–water partition coefficient (Wildman–Crippen LogP) is 3.15. The van der Waals surface area contributed by atoms with E-state index < -0.39 is 15.8 Å². The molecule has 1 aliphatic rings. The molecule has 2 heterocycles. The third-order valence-corrected chi connectivity index (χ3v) is 6.65. The third-order valence-electron chi connectivity index (χ3n) is 4.78. The van der Waals surface area contributed by atoms with E-state index in [0.29, 0.717) is 36.2 Å². The summed E-state index contributed by atoms with van der Waals surface area (Å²) in [5.41, 5.74) is 1.67. The largest absolute Gasteiger partial charge is 0.313 e. The van der Waals surface area contributed by atoms with Crippen LogP contribution in [-0.4, -0.2) is 28.0 Å². The van der Waals surface area contributed by atoms with Crippen LogP contribution in [-0.2, 0) is 16.6 Å². The lowest BCUT2D eigenvalue weighted by Gasteiger charge is -2.08. The van der Waals surface area contributed by atoms with Gasteiger partial charge in [0.25, 0.3) is 5.56 Å². The SMILES string of the molecule is CCCn1cc(-n2cc(-c3ccc(NS(=O)(=O)C4CC4)cc3F)cn2)ccc1=O. The van der Waals surface area contributed by atoms with Crippen molar-refractivity contribution in [1.82, 2.24) is 14.3 Å². The highest BCUT2D eigenvalue weighted by atomic mass is 32.2. The topological polar surface area (TPSA) is 86.0 Å². The van der Waals surface area contributed by atoms with Gasteiger partial charge in [-0.05, 0) is 43.5 Å². The van der Waals surface area contributed by atoms with E-state index in [-0.39, 0.29) is 16.5 Å². The number of anilines is 1. The summed E-state index contributed by atoms with van der Waals surface area (Å²) in [5, 5.41) is 3.90. The Morgan fingerprint density at radius 2 is 2.00 bits per heavy atom. The minimum absolute atomic E-state index is 0.0849. The number of nitrogens with one attached hydrogen (secondary N) is 1. The van der Waals surface area contributed by atoms with Crippen LogP contribution in [0.3, 0.4) is 0 Å². The molecule has 0 bridgehead atoms. The van der Waals surface area contributed by atoms with Crippen LogP contribution < -0.4 is 10.3 Å². The van der Waals surface area contributed by atoms with Crippen LogP contribution in [0.5, 0.6) is 0 Å². The van der Waals surface area contributed by atoms with E-state index in [9.17, 15) is 17.6 Å². The average molecular weight is 416 g/mol. The van der Waals surface area contributed by atoms with E-state index in [2.05, 4.69) is 9.82 Å². The molecule has 1 aliphatic carbocycles. The minimum atomic E-state index is -3.44. The lowest BCUT2D eigenvalue weighted by molar-refractivity contribution is 0.600. The van der Waals surface area contributed by atoms with Crippen molar-refractivity contribution in [3.63, 3.8) is 0 Å². The Morgan fingerprint density at radius 1 is 1.21 bits per heavy atom. The zero-order valence-electron chi connectivity index (χ0n) is 15.9. The first-order valence-corrected chi connectivity index (χ1v) is 11.0. The Labute approximate surface area is 167 Å². The second kappa shape index (κ2) is 7.47. The molecule has 2 aromatic heterocycles. The highest BCUT2D eigenvalue weighted by Gasteiger charge is 2.35. The number of aromatic nitrogens is 3. The molecule has 0 amide bonds. The molecule has 3 aromatic rings. The Balaban J connectivity index is 1.59. The van der Waals surface area contributed by atoms with Gasteiger partial charge in [-0.3, -0.25) is 9.52 Å². The summed E-state index contributed by atoms with van der Waals surface area (Å²) >= 11 is 0. The molecule has 1 saturated carbocycles. The van der Waals surface area contributed by atoms with E-state index in [1.54, 1.807) is 27.7 Å². The van der Waals surface area contributed by atoms with Crippen LogP contribution in [0, 0.1) is 5.82 Å². The Kier molecular flexibility index (Phi) is 4.99. The smallest absolute Gasteiger partial charge is 0.250 e. The maximum Gasteiger partial charge on any atom is 0.250 e. The van der Waals surface area contributed by atoms with Gasteiger partial charge >= 0.3 is 0 Å². The fraction of sp³-hybridized carbons (Fsp3) is 0.300. The summed E-state index contributed by atoms with van der Waals surface area (Å²) < 4.78 is 44.3. The Bertz CT molecular complexity index is 1210. The molecule has 29 heavy (non-hydrogen) atoms. The molecule has 4 rings (SSSR count). The number of pyridine rings is 1. The summed E-state index contributed by atoms with van der Waals surface area (Å²) in [7, 11) is -3.44. The van der Waals surface area contributed by atoms with Gasteiger partial charge in [0.05, 0.1) is 22.8 Å². The number of hydrogen-bond acceptors (Lipinski definition) is 4. The number of benzene rings is 1. The van der Waals surface area contributed by atoms with Crippen LogP contribution in [0.4, 0.5) is 10.1 Å². The predicted molar refractivity (Wildman–Crippen MR) is 109 cm³/mol. The first kappa shape index (κ1) is 19.4. The maximum absolute atomic E-state index is 14.6. The van der Waals surface area contributed by atoms with Gasteiger partial charge in [0.2, 0.25) is 10.0 Å². The minimum Gasteiger partial charge on any atom is -0.313 e. The zero-order chi connectivity index (χ0) is 20.6. The Morgan fingerprint density at radius 3 is 2.69 bits per heavy atom. The molecular weight excluding hydrogens is 395 g/mol. The monoisotopic (exact) mass is 416 g/mol. The molecule has 9 heteroatoms. The number of sulfonamides is 1. The molecule has 152 valence electrons. The van der Waals surface area contributed by atoms with Crippen molar-refractivity contribution in [3.05, 3.63) is 65.1 Å². The molecule has 1 fully saturated rings. The number of halogens is 1. The molecule has 0 atom stereocenters. The van der Waals surface area contributed by atoms with E-state index >= 15 is 0 Å². The zero-order valence-corrected chi connectivity index (χ0v) is 16.7. The highest BCUT2D eigenvalue weighted by molar-refractivity contribution is 7.93. The molecule has 1 N–H and O–H groups in total. The van der Waals surface area contributed by atoms with E-state index in [4.69, 9.17) is 0 Å². The second-order valence-corrected chi connectivity index (χ2v) is 9.09. The summed E-state index contributed by atoms with van der Waals surface area (Å²) in [6, 6.07) is 7.38. The van der Waals surface area contributed by atoms with Crippen molar-refractivity contribution < 1.29 is 12.8 Å². The summed E-state index contributed by atoms with van der Waals surface area (Å²) in [6.07, 6.45) is 7.02. The van der Waals surface area contributed by atoms with Crippen molar-refractivity contribution in [2.45, 2.75) is 38.0 Å². The number of aryl methyl sites for hydroxylation is 1. The second-order valence-electron chi connectivity index (χ2n) is 7.13. The van der Waals surface area contributed by atoms with Crippen molar-refractivity contribution in [2.24, 2.45) is 0 Å². The summed E-state index contributed by atoms with van der Waals surface area (Å²) in [6.45, 7) is 2.59. The molecule has 7 nitrogen and oxygen atoms in total. The van der Waals surface area contributed by atoms with Crippen LogP contribution in [0.1, 0.15) is 26.2 Å². The number of rotatable bonds is 7. The lowest BCUT2D eigenvalue weighted by Crippen LogP contribution is -2.19. The van der Waals surface area contributed by atoms with Crippen molar-refractivity contribution in [3.8, 4) is 16.8 Å². The molecule has 0 spiro atoms. The number of hydrogen-bond donors (Lipinski definition) is 1. The van der Waals surface area contributed by atoms with E-state index in [1.165, 1.54) is 30.5 Å². The molecule has 0 saturated heterocycles. The molecule has 0 aliphatic heterocycles. The number of nitrogens with zero attached hydrogens (tertiary/aromatic N) is 3. The van der Waals surface area contributed by atoms with Crippen molar-refractivity contribution >= 4 is 15.7 Å². The van der Waals surface area contributed by atoms with Crippen LogP contribution in [0.25, 0.3) is 16.8 Å². The van der Waals surface area contributed by atoms with Crippen LogP contribution in [0.2, 0.25) is 0 Å². The lowest BCUT2D eigenvalue weighted by atomic mass is 10.1. The van der Waals surface area contributed by atoms with Crippen molar-refractivity contribution in [1.29, 1.82) is 0 Å².